The fraction of sp³-hybridized carbons (Fsp3) is 0.323. The minimum Gasteiger partial charge on any atom is -0.493 e. The Morgan fingerprint density at radius 1 is 0.919 bits per heavy atom. The van der Waals surface area contributed by atoms with Gasteiger partial charge in [-0.15, -0.1) is 0 Å². The number of amides is 1. The first-order chi connectivity index (χ1) is 17.9. The van der Waals surface area contributed by atoms with Crippen LogP contribution in [0.4, 0.5) is 11.4 Å². The van der Waals surface area contributed by atoms with E-state index in [9.17, 15) is 9.36 Å². The number of carbonyl (C=O) groups is 1. The molecule has 0 aliphatic carbocycles. The molecule has 3 aromatic rings. The molecule has 2 aliphatic rings. The van der Waals surface area contributed by atoms with Crippen LogP contribution in [0.2, 0.25) is 0 Å². The molecule has 192 valence electrons. The van der Waals surface area contributed by atoms with Gasteiger partial charge in [0, 0.05) is 61.5 Å². The summed E-state index contributed by atoms with van der Waals surface area (Å²) >= 11 is 0. The molecule has 37 heavy (non-hydrogen) atoms. The SMILES string of the molecule is CN(C)c1ccc(-c2ccc3c(c2)C=C(C(=O)Nc2ccc(CP4(=O)CCCCC4)cc2)CCO3)cc1. The second-order valence-electron chi connectivity index (χ2n) is 10.3. The molecule has 1 saturated heterocycles. The zero-order chi connectivity index (χ0) is 25.8. The van der Waals surface area contributed by atoms with Crippen molar-refractivity contribution in [2.45, 2.75) is 31.8 Å². The molecule has 5 rings (SSSR count). The highest BCUT2D eigenvalue weighted by atomic mass is 31.2. The molecule has 1 amide bonds. The molecule has 0 bridgehead atoms. The van der Waals surface area contributed by atoms with Gasteiger partial charge in [0.15, 0.2) is 0 Å². The molecular formula is C31H35N2O3P. The van der Waals surface area contributed by atoms with Gasteiger partial charge in [0.2, 0.25) is 0 Å². The van der Waals surface area contributed by atoms with Crippen LogP contribution in [0.25, 0.3) is 17.2 Å². The molecule has 6 heteroatoms. The van der Waals surface area contributed by atoms with Gasteiger partial charge in [0.1, 0.15) is 5.75 Å². The minimum absolute atomic E-state index is 0.120. The maximum atomic E-state index is 13.2. The number of carbonyl (C=O) groups excluding carboxylic acids is 1. The molecule has 0 spiro atoms. The number of hydrogen-bond donors (Lipinski definition) is 1. The number of benzene rings is 3. The van der Waals surface area contributed by atoms with E-state index in [1.807, 2.05) is 50.5 Å². The molecule has 0 aromatic heterocycles. The first kappa shape index (κ1) is 25.4. The van der Waals surface area contributed by atoms with E-state index in [2.05, 4.69) is 46.6 Å². The number of anilines is 2. The number of rotatable bonds is 6. The zero-order valence-electron chi connectivity index (χ0n) is 21.7. The fourth-order valence-electron chi connectivity index (χ4n) is 5.12. The van der Waals surface area contributed by atoms with Gasteiger partial charge in [-0.05, 0) is 72.0 Å². The van der Waals surface area contributed by atoms with Gasteiger partial charge in [-0.25, -0.2) is 0 Å². The number of ether oxygens (including phenoxy) is 1. The molecule has 0 saturated carbocycles. The lowest BCUT2D eigenvalue weighted by Crippen LogP contribution is -2.15. The molecule has 3 aromatic carbocycles. The van der Waals surface area contributed by atoms with Gasteiger partial charge in [-0.3, -0.25) is 4.79 Å². The molecule has 0 unspecified atom stereocenters. The van der Waals surface area contributed by atoms with Crippen molar-refractivity contribution in [3.8, 4) is 16.9 Å². The Kier molecular flexibility index (Phi) is 7.53. The quantitative estimate of drug-likeness (QED) is 0.352. The van der Waals surface area contributed by atoms with Crippen molar-refractivity contribution in [1.82, 2.24) is 0 Å². The van der Waals surface area contributed by atoms with E-state index >= 15 is 0 Å². The number of nitrogens with zero attached hydrogens (tertiary/aromatic N) is 1. The number of fused-ring (bicyclic) bond motifs is 1. The third kappa shape index (κ3) is 6.17. The topological polar surface area (TPSA) is 58.6 Å². The molecular weight excluding hydrogens is 479 g/mol. The first-order valence-electron chi connectivity index (χ1n) is 13.1. The maximum absolute atomic E-state index is 13.2. The smallest absolute Gasteiger partial charge is 0.251 e. The van der Waals surface area contributed by atoms with Crippen molar-refractivity contribution in [3.05, 3.63) is 83.4 Å². The van der Waals surface area contributed by atoms with Crippen LogP contribution in [-0.4, -0.2) is 38.9 Å². The van der Waals surface area contributed by atoms with Crippen LogP contribution >= 0.6 is 7.14 Å². The molecule has 1 fully saturated rings. The average Bonchev–Trinajstić information content (AvgIpc) is 3.12. The third-order valence-corrected chi connectivity index (χ3v) is 10.5. The lowest BCUT2D eigenvalue weighted by Gasteiger charge is -2.22. The Morgan fingerprint density at radius 3 is 2.32 bits per heavy atom. The fourth-order valence-corrected chi connectivity index (χ4v) is 8.13. The summed E-state index contributed by atoms with van der Waals surface area (Å²) in [5, 5.41) is 3.04. The van der Waals surface area contributed by atoms with Gasteiger partial charge in [0.05, 0.1) is 13.7 Å². The van der Waals surface area contributed by atoms with Crippen LogP contribution in [0.5, 0.6) is 5.75 Å². The van der Waals surface area contributed by atoms with Gasteiger partial charge in [-0.2, -0.15) is 0 Å². The van der Waals surface area contributed by atoms with Gasteiger partial charge in [0.25, 0.3) is 5.91 Å². The van der Waals surface area contributed by atoms with Crippen LogP contribution in [-0.2, 0) is 15.5 Å². The highest BCUT2D eigenvalue weighted by Gasteiger charge is 2.25. The highest BCUT2D eigenvalue weighted by molar-refractivity contribution is 7.63. The van der Waals surface area contributed by atoms with Crippen molar-refractivity contribution in [2.75, 3.05) is 43.2 Å². The summed E-state index contributed by atoms with van der Waals surface area (Å²) in [5.74, 6) is 0.670. The summed E-state index contributed by atoms with van der Waals surface area (Å²) in [6.45, 7) is 0.456. The van der Waals surface area contributed by atoms with Crippen LogP contribution in [0.15, 0.2) is 72.3 Å². The predicted molar refractivity (Wildman–Crippen MR) is 154 cm³/mol. The summed E-state index contributed by atoms with van der Waals surface area (Å²) in [6, 6.07) is 22.4. The lowest BCUT2D eigenvalue weighted by atomic mass is 10.0. The molecule has 1 N–H and O–H groups in total. The van der Waals surface area contributed by atoms with E-state index in [1.165, 1.54) is 6.42 Å². The van der Waals surface area contributed by atoms with Crippen LogP contribution < -0.4 is 15.0 Å². The Morgan fingerprint density at radius 2 is 1.62 bits per heavy atom. The second-order valence-corrected chi connectivity index (χ2v) is 13.7. The van der Waals surface area contributed by atoms with E-state index in [-0.39, 0.29) is 5.91 Å². The summed E-state index contributed by atoms with van der Waals surface area (Å²) in [5.41, 5.74) is 6.78. The molecule has 5 nitrogen and oxygen atoms in total. The van der Waals surface area contributed by atoms with E-state index in [0.717, 1.165) is 64.5 Å². The Hall–Kier alpha value is -3.30. The number of nitrogens with one attached hydrogen (secondary N) is 1. The molecule has 2 aliphatic heterocycles. The Balaban J connectivity index is 1.30. The van der Waals surface area contributed by atoms with Crippen LogP contribution in [0.1, 0.15) is 36.8 Å². The van der Waals surface area contributed by atoms with Crippen LogP contribution in [0, 0.1) is 0 Å². The zero-order valence-corrected chi connectivity index (χ0v) is 22.6. The van der Waals surface area contributed by atoms with Crippen molar-refractivity contribution < 1.29 is 14.1 Å². The third-order valence-electron chi connectivity index (χ3n) is 7.29. The van der Waals surface area contributed by atoms with Crippen molar-refractivity contribution in [2.24, 2.45) is 0 Å². The Labute approximate surface area is 219 Å². The van der Waals surface area contributed by atoms with E-state index in [0.29, 0.717) is 24.8 Å². The van der Waals surface area contributed by atoms with Crippen molar-refractivity contribution in [3.63, 3.8) is 0 Å². The maximum Gasteiger partial charge on any atom is 0.251 e. The van der Waals surface area contributed by atoms with Crippen LogP contribution in [0.3, 0.4) is 0 Å². The monoisotopic (exact) mass is 514 g/mol. The van der Waals surface area contributed by atoms with Crippen molar-refractivity contribution in [1.29, 1.82) is 0 Å². The Bertz CT molecular complexity index is 1330. The van der Waals surface area contributed by atoms with Crippen molar-refractivity contribution >= 4 is 30.5 Å². The summed E-state index contributed by atoms with van der Waals surface area (Å²) < 4.78 is 19.0. The minimum atomic E-state index is -2.08. The lowest BCUT2D eigenvalue weighted by molar-refractivity contribution is -0.113. The predicted octanol–water partition coefficient (Wildman–Crippen LogP) is 7.27. The van der Waals surface area contributed by atoms with Gasteiger partial charge in [-0.1, -0.05) is 36.8 Å². The standard InChI is InChI=1S/C31H35N2O3P/c1-33(2)29-13-8-24(9-14-29)25-10-15-30-27(20-25)21-26(16-17-36-30)31(34)32-28-11-6-23(7-12-28)22-37(35)18-4-3-5-19-37/h6-15,20-21H,3-5,16-19,22H2,1-2H3,(H,32,34). The molecule has 0 atom stereocenters. The highest BCUT2D eigenvalue weighted by Crippen LogP contribution is 2.53. The van der Waals surface area contributed by atoms with E-state index in [4.69, 9.17) is 4.74 Å². The van der Waals surface area contributed by atoms with E-state index in [1.54, 1.807) is 0 Å². The van der Waals surface area contributed by atoms with Gasteiger partial charge >= 0.3 is 0 Å². The summed E-state index contributed by atoms with van der Waals surface area (Å²) in [4.78, 5) is 15.2. The molecule has 2 heterocycles. The summed E-state index contributed by atoms with van der Waals surface area (Å²) in [7, 11) is 1.98. The summed E-state index contributed by atoms with van der Waals surface area (Å²) in [6.07, 6.45) is 8.24. The largest absolute Gasteiger partial charge is 0.493 e. The second kappa shape index (κ2) is 11.0. The van der Waals surface area contributed by atoms with Gasteiger partial charge < -0.3 is 19.5 Å². The molecule has 0 radical (unpaired) electrons. The number of hydrogen-bond acceptors (Lipinski definition) is 4. The van der Waals surface area contributed by atoms with E-state index < -0.39 is 7.14 Å². The average molecular weight is 515 g/mol. The first-order valence-corrected chi connectivity index (χ1v) is 15.4. The normalized spacial score (nSPS) is 16.5.